The van der Waals surface area contributed by atoms with Crippen LogP contribution in [0.15, 0.2) is 28.7 Å². The van der Waals surface area contributed by atoms with E-state index in [2.05, 4.69) is 15.9 Å². The number of hydrogen-bond acceptors (Lipinski definition) is 2. The fraction of sp³-hybridized carbons (Fsp3) is 0.200. The van der Waals surface area contributed by atoms with E-state index in [9.17, 15) is 4.79 Å². The Morgan fingerprint density at radius 3 is 2.50 bits per heavy atom. The first-order valence-electron chi connectivity index (χ1n) is 4.00. The monoisotopic (exact) mass is 253 g/mol. The van der Waals surface area contributed by atoms with Crippen LogP contribution in [0, 0.1) is 17.2 Å². The van der Waals surface area contributed by atoms with Gasteiger partial charge in [-0.25, -0.2) is 0 Å². The molecule has 0 saturated carbocycles. The summed E-state index contributed by atoms with van der Waals surface area (Å²) in [6, 6.07) is 9.01. The number of carboxylic acids is 1. The van der Waals surface area contributed by atoms with E-state index in [1.165, 1.54) is 0 Å². The summed E-state index contributed by atoms with van der Waals surface area (Å²) < 4.78 is 0.935. The summed E-state index contributed by atoms with van der Waals surface area (Å²) in [7, 11) is 0. The topological polar surface area (TPSA) is 61.1 Å². The quantitative estimate of drug-likeness (QED) is 0.899. The molecule has 1 rings (SSSR count). The Morgan fingerprint density at radius 2 is 2.07 bits per heavy atom. The highest BCUT2D eigenvalue weighted by Crippen LogP contribution is 2.13. The molecule has 0 fully saturated rings. The lowest BCUT2D eigenvalue weighted by Gasteiger charge is -2.03. The molecule has 1 atom stereocenters. The number of hydrogen-bond donors (Lipinski definition) is 1. The van der Waals surface area contributed by atoms with Gasteiger partial charge in [0.15, 0.2) is 0 Å². The molecule has 14 heavy (non-hydrogen) atoms. The first-order valence-corrected chi connectivity index (χ1v) is 4.79. The molecular weight excluding hydrogens is 246 g/mol. The first kappa shape index (κ1) is 10.7. The number of halogens is 1. The molecule has 0 amide bonds. The van der Waals surface area contributed by atoms with Crippen LogP contribution < -0.4 is 0 Å². The molecule has 0 saturated heterocycles. The minimum atomic E-state index is -1.07. The molecule has 0 aliphatic rings. The van der Waals surface area contributed by atoms with Crippen molar-refractivity contribution in [1.82, 2.24) is 0 Å². The van der Waals surface area contributed by atoms with E-state index in [1.54, 1.807) is 18.2 Å². The highest BCUT2D eigenvalue weighted by atomic mass is 79.9. The van der Waals surface area contributed by atoms with E-state index >= 15 is 0 Å². The number of carboxylic acid groups (broad SMARTS) is 1. The van der Waals surface area contributed by atoms with Gasteiger partial charge in [-0.15, -0.1) is 0 Å². The van der Waals surface area contributed by atoms with E-state index in [-0.39, 0.29) is 6.42 Å². The Hall–Kier alpha value is -1.34. The average molecular weight is 254 g/mol. The highest BCUT2D eigenvalue weighted by Gasteiger charge is 2.16. The van der Waals surface area contributed by atoms with E-state index in [0.717, 1.165) is 10.0 Å². The van der Waals surface area contributed by atoms with Crippen LogP contribution in [-0.4, -0.2) is 11.1 Å². The molecule has 1 aromatic carbocycles. The molecular formula is C10H8BrNO2. The molecule has 0 radical (unpaired) electrons. The molecule has 0 aliphatic heterocycles. The summed E-state index contributed by atoms with van der Waals surface area (Å²) in [4.78, 5) is 10.6. The zero-order valence-corrected chi connectivity index (χ0v) is 8.86. The van der Waals surface area contributed by atoms with Crippen molar-refractivity contribution < 1.29 is 9.90 Å². The highest BCUT2D eigenvalue weighted by molar-refractivity contribution is 9.10. The predicted octanol–water partition coefficient (Wildman–Crippen LogP) is 2.22. The number of rotatable bonds is 3. The second kappa shape index (κ2) is 4.77. The van der Waals surface area contributed by atoms with Gasteiger partial charge in [0, 0.05) is 4.47 Å². The second-order valence-corrected chi connectivity index (χ2v) is 3.77. The summed E-state index contributed by atoms with van der Waals surface area (Å²) in [5.41, 5.74) is 0.849. The van der Waals surface area contributed by atoms with Crippen LogP contribution in [0.1, 0.15) is 5.56 Å². The van der Waals surface area contributed by atoms with Crippen LogP contribution in [0.3, 0.4) is 0 Å². The maximum absolute atomic E-state index is 10.6. The third-order valence-corrected chi connectivity index (χ3v) is 2.34. The summed E-state index contributed by atoms with van der Waals surface area (Å²) in [5.74, 6) is -2.04. The van der Waals surface area contributed by atoms with Crippen LogP contribution in [0.2, 0.25) is 0 Å². The minimum absolute atomic E-state index is 0.249. The van der Waals surface area contributed by atoms with Crippen molar-refractivity contribution >= 4 is 21.9 Å². The van der Waals surface area contributed by atoms with Crippen LogP contribution >= 0.6 is 15.9 Å². The Balaban J connectivity index is 2.74. The van der Waals surface area contributed by atoms with Gasteiger partial charge in [-0.05, 0) is 24.1 Å². The van der Waals surface area contributed by atoms with Crippen molar-refractivity contribution in [3.05, 3.63) is 34.3 Å². The lowest BCUT2D eigenvalue weighted by Crippen LogP contribution is -2.13. The van der Waals surface area contributed by atoms with Gasteiger partial charge < -0.3 is 5.11 Å². The first-order chi connectivity index (χ1) is 6.63. The molecule has 3 nitrogen and oxygen atoms in total. The molecule has 0 bridgehead atoms. The van der Waals surface area contributed by atoms with Crippen molar-refractivity contribution in [1.29, 1.82) is 5.26 Å². The van der Waals surface area contributed by atoms with Crippen LogP contribution in [0.4, 0.5) is 0 Å². The number of benzene rings is 1. The molecule has 72 valence electrons. The third-order valence-electron chi connectivity index (χ3n) is 1.81. The molecule has 4 heteroatoms. The van der Waals surface area contributed by atoms with Gasteiger partial charge in [0.2, 0.25) is 0 Å². The zero-order valence-electron chi connectivity index (χ0n) is 7.27. The summed E-state index contributed by atoms with van der Waals surface area (Å²) in [6.07, 6.45) is 0.249. The van der Waals surface area contributed by atoms with E-state index in [1.807, 2.05) is 12.1 Å². The Bertz CT molecular complexity index is 367. The van der Waals surface area contributed by atoms with Gasteiger partial charge in [0.25, 0.3) is 0 Å². The molecule has 0 spiro atoms. The maximum atomic E-state index is 10.6. The summed E-state index contributed by atoms with van der Waals surface area (Å²) in [5, 5.41) is 17.2. The number of nitrogens with zero attached hydrogens (tertiary/aromatic N) is 1. The van der Waals surface area contributed by atoms with Crippen LogP contribution in [-0.2, 0) is 11.2 Å². The Labute approximate surface area is 90.1 Å². The number of nitriles is 1. The summed E-state index contributed by atoms with van der Waals surface area (Å²) in [6.45, 7) is 0. The SMILES string of the molecule is N#CC(Cc1ccc(Br)cc1)C(=O)O. The van der Waals surface area contributed by atoms with Gasteiger partial charge in [0.1, 0.15) is 5.92 Å². The molecule has 0 aliphatic carbocycles. The molecule has 0 heterocycles. The van der Waals surface area contributed by atoms with Crippen LogP contribution in [0.25, 0.3) is 0 Å². The third kappa shape index (κ3) is 2.86. The van der Waals surface area contributed by atoms with Gasteiger partial charge in [0.05, 0.1) is 6.07 Å². The fourth-order valence-corrected chi connectivity index (χ4v) is 1.31. The Morgan fingerprint density at radius 1 is 1.50 bits per heavy atom. The number of aliphatic carboxylic acids is 1. The molecule has 1 unspecified atom stereocenters. The van der Waals surface area contributed by atoms with E-state index in [0.29, 0.717) is 0 Å². The van der Waals surface area contributed by atoms with Crippen molar-refractivity contribution in [3.63, 3.8) is 0 Å². The lowest BCUT2D eigenvalue weighted by atomic mass is 10.0. The van der Waals surface area contributed by atoms with Gasteiger partial charge in [-0.3, -0.25) is 4.79 Å². The average Bonchev–Trinajstić information content (AvgIpc) is 2.16. The predicted molar refractivity (Wildman–Crippen MR) is 54.6 cm³/mol. The lowest BCUT2D eigenvalue weighted by molar-refractivity contribution is -0.139. The zero-order chi connectivity index (χ0) is 10.6. The molecule has 1 N–H and O–H groups in total. The number of carbonyl (C=O) groups is 1. The summed E-state index contributed by atoms with van der Waals surface area (Å²) >= 11 is 3.28. The minimum Gasteiger partial charge on any atom is -0.480 e. The van der Waals surface area contributed by atoms with Gasteiger partial charge in [-0.1, -0.05) is 28.1 Å². The smallest absolute Gasteiger partial charge is 0.321 e. The van der Waals surface area contributed by atoms with E-state index in [4.69, 9.17) is 10.4 Å². The molecule has 1 aromatic rings. The van der Waals surface area contributed by atoms with Crippen molar-refractivity contribution in [2.24, 2.45) is 5.92 Å². The standard InChI is InChI=1S/C10H8BrNO2/c11-9-3-1-7(2-4-9)5-8(6-12)10(13)14/h1-4,8H,5H2,(H,13,14). The van der Waals surface area contributed by atoms with Crippen molar-refractivity contribution in [2.75, 3.05) is 0 Å². The largest absolute Gasteiger partial charge is 0.480 e. The van der Waals surface area contributed by atoms with Gasteiger partial charge in [-0.2, -0.15) is 5.26 Å². The fourth-order valence-electron chi connectivity index (χ4n) is 1.04. The van der Waals surface area contributed by atoms with Crippen molar-refractivity contribution in [2.45, 2.75) is 6.42 Å². The molecule has 0 aromatic heterocycles. The van der Waals surface area contributed by atoms with Gasteiger partial charge >= 0.3 is 5.97 Å². The normalized spacial score (nSPS) is 11.7. The second-order valence-electron chi connectivity index (χ2n) is 2.85. The van der Waals surface area contributed by atoms with Crippen LogP contribution in [0.5, 0.6) is 0 Å². The van der Waals surface area contributed by atoms with Crippen molar-refractivity contribution in [3.8, 4) is 6.07 Å². The van der Waals surface area contributed by atoms with E-state index < -0.39 is 11.9 Å². The maximum Gasteiger partial charge on any atom is 0.321 e. The Kier molecular flexibility index (Phi) is 3.66.